The Hall–Kier alpha value is -1.91. The minimum Gasteiger partial charge on any atom is -0.481 e. The molecule has 1 unspecified atom stereocenters. The molecule has 0 amide bonds. The Morgan fingerprint density at radius 2 is 1.93 bits per heavy atom. The van der Waals surface area contributed by atoms with Gasteiger partial charge in [0.05, 0.1) is 11.3 Å². The van der Waals surface area contributed by atoms with Gasteiger partial charge in [0.25, 0.3) is 0 Å². The number of hydrogen-bond donors (Lipinski definition) is 2. The van der Waals surface area contributed by atoms with Gasteiger partial charge < -0.3 is 10.2 Å². The first-order valence-corrected chi connectivity index (χ1v) is 10.5. The molecule has 3 saturated carbocycles. The predicted molar refractivity (Wildman–Crippen MR) is 103 cm³/mol. The van der Waals surface area contributed by atoms with Gasteiger partial charge in [-0.2, -0.15) is 0 Å². The number of ketones is 1. The molecule has 0 aromatic carbocycles. The lowest BCUT2D eigenvalue weighted by molar-refractivity contribution is -0.175. The number of fused-ring (bicyclic) bond motifs is 5. The monoisotopic (exact) mass is 386 g/mol. The summed E-state index contributed by atoms with van der Waals surface area (Å²) in [6.45, 7) is 6.06. The number of carboxylic acid groups (broad SMARTS) is 2. The minimum atomic E-state index is -0.842. The van der Waals surface area contributed by atoms with Crippen molar-refractivity contribution in [3.8, 4) is 0 Å². The van der Waals surface area contributed by atoms with Gasteiger partial charge in [-0.25, -0.2) is 0 Å². The first-order valence-electron chi connectivity index (χ1n) is 10.5. The van der Waals surface area contributed by atoms with E-state index >= 15 is 0 Å². The maximum atomic E-state index is 12.4. The number of aliphatic carboxylic acids is 2. The first-order chi connectivity index (χ1) is 13.1. The Labute approximate surface area is 165 Å². The molecule has 0 heterocycles. The topological polar surface area (TPSA) is 91.7 Å². The Morgan fingerprint density at radius 3 is 2.54 bits per heavy atom. The third kappa shape index (κ3) is 2.22. The van der Waals surface area contributed by atoms with Crippen molar-refractivity contribution in [3.63, 3.8) is 0 Å². The van der Waals surface area contributed by atoms with Gasteiger partial charge in [0, 0.05) is 5.41 Å². The molecule has 3 fully saturated rings. The molecule has 5 nitrogen and oxygen atoms in total. The van der Waals surface area contributed by atoms with E-state index in [9.17, 15) is 24.6 Å². The maximum Gasteiger partial charge on any atom is 0.310 e. The summed E-state index contributed by atoms with van der Waals surface area (Å²) in [6, 6.07) is 0. The summed E-state index contributed by atoms with van der Waals surface area (Å²) < 4.78 is 0. The number of allylic oxidation sites excluding steroid dienone is 4. The fourth-order valence-electron chi connectivity index (χ4n) is 7.82. The third-order valence-corrected chi connectivity index (χ3v) is 9.22. The Balaban J connectivity index is 1.84. The summed E-state index contributed by atoms with van der Waals surface area (Å²) in [6.07, 6.45) is 9.26. The molecule has 5 heteroatoms. The molecule has 0 bridgehead atoms. The van der Waals surface area contributed by atoms with Crippen molar-refractivity contribution >= 4 is 17.7 Å². The molecule has 0 spiro atoms. The molecule has 0 aromatic rings. The van der Waals surface area contributed by atoms with Crippen LogP contribution in [0.1, 0.15) is 59.3 Å². The van der Waals surface area contributed by atoms with Gasteiger partial charge in [-0.3, -0.25) is 14.4 Å². The minimum absolute atomic E-state index is 0.0183. The van der Waals surface area contributed by atoms with Crippen LogP contribution in [0.2, 0.25) is 0 Å². The second kappa shape index (κ2) is 6.04. The molecule has 4 aliphatic carbocycles. The Morgan fingerprint density at radius 1 is 1.21 bits per heavy atom. The zero-order valence-electron chi connectivity index (χ0n) is 16.9. The number of hydrogen-bond acceptors (Lipinski definition) is 3. The van der Waals surface area contributed by atoms with Crippen LogP contribution in [-0.4, -0.2) is 27.9 Å². The molecular weight excluding hydrogens is 356 g/mol. The molecule has 0 saturated heterocycles. The van der Waals surface area contributed by atoms with Crippen molar-refractivity contribution < 1.29 is 24.6 Å². The molecule has 0 aliphatic heterocycles. The smallest absolute Gasteiger partial charge is 0.310 e. The highest BCUT2D eigenvalue weighted by atomic mass is 16.4. The van der Waals surface area contributed by atoms with Crippen LogP contribution in [0.5, 0.6) is 0 Å². The quantitative estimate of drug-likeness (QED) is 0.762. The van der Waals surface area contributed by atoms with Crippen LogP contribution < -0.4 is 0 Å². The molecule has 152 valence electrons. The van der Waals surface area contributed by atoms with E-state index in [1.165, 1.54) is 0 Å². The number of carboxylic acids is 2. The fourth-order valence-corrected chi connectivity index (χ4v) is 7.82. The van der Waals surface area contributed by atoms with Crippen molar-refractivity contribution in [2.75, 3.05) is 0 Å². The van der Waals surface area contributed by atoms with E-state index in [-0.39, 0.29) is 23.5 Å². The molecule has 0 radical (unpaired) electrons. The van der Waals surface area contributed by atoms with Crippen molar-refractivity contribution in [1.82, 2.24) is 0 Å². The molecule has 4 rings (SSSR count). The van der Waals surface area contributed by atoms with E-state index in [4.69, 9.17) is 0 Å². The summed E-state index contributed by atoms with van der Waals surface area (Å²) in [5.74, 6) is -1.91. The average Bonchev–Trinajstić information content (AvgIpc) is 2.94. The summed E-state index contributed by atoms with van der Waals surface area (Å²) in [7, 11) is 0. The normalized spacial score (nSPS) is 47.0. The number of carbonyl (C=O) groups excluding carboxylic acids is 1. The molecule has 28 heavy (non-hydrogen) atoms. The summed E-state index contributed by atoms with van der Waals surface area (Å²) in [5.41, 5.74) is -0.730. The van der Waals surface area contributed by atoms with E-state index < -0.39 is 34.1 Å². The summed E-state index contributed by atoms with van der Waals surface area (Å²) >= 11 is 0. The van der Waals surface area contributed by atoms with Gasteiger partial charge in [0.1, 0.15) is 0 Å². The second-order valence-electron chi connectivity index (χ2n) is 9.87. The molecule has 7 atom stereocenters. The standard InChI is InChI=1S/C23H30O5/c1-4-23(20(27)28)10-8-17-15-6-5-13-11-14(24)7-9-21(13,2)18(15)16(19(25)26)12-22(17,23)3/h7,9,11,15-18H,4-6,8,10,12H2,1-3H3,(H,25,26)(H,27,28)/t15-,16?,17-,18+,21-,22-,23-/m0/s1. The van der Waals surface area contributed by atoms with Crippen LogP contribution in [0, 0.1) is 39.9 Å². The Kier molecular flexibility index (Phi) is 4.19. The van der Waals surface area contributed by atoms with Gasteiger partial charge in [0.2, 0.25) is 0 Å². The molecule has 2 N–H and O–H groups in total. The highest BCUT2D eigenvalue weighted by molar-refractivity contribution is 6.01. The van der Waals surface area contributed by atoms with E-state index in [1.54, 1.807) is 12.2 Å². The van der Waals surface area contributed by atoms with Crippen LogP contribution in [0.15, 0.2) is 23.8 Å². The van der Waals surface area contributed by atoms with Gasteiger partial charge in [-0.15, -0.1) is 0 Å². The average molecular weight is 386 g/mol. The van der Waals surface area contributed by atoms with Gasteiger partial charge in [0.15, 0.2) is 5.78 Å². The zero-order chi connectivity index (χ0) is 20.5. The molecule has 4 aliphatic rings. The first kappa shape index (κ1) is 19.4. The zero-order valence-corrected chi connectivity index (χ0v) is 16.9. The van der Waals surface area contributed by atoms with Gasteiger partial charge >= 0.3 is 11.9 Å². The molecular formula is C23H30O5. The fraction of sp³-hybridized carbons (Fsp3) is 0.696. The summed E-state index contributed by atoms with van der Waals surface area (Å²) in [4.78, 5) is 36.7. The second-order valence-corrected chi connectivity index (χ2v) is 9.87. The van der Waals surface area contributed by atoms with Gasteiger partial charge in [-0.1, -0.05) is 32.4 Å². The van der Waals surface area contributed by atoms with Crippen LogP contribution in [0.3, 0.4) is 0 Å². The van der Waals surface area contributed by atoms with Crippen LogP contribution in [0.25, 0.3) is 0 Å². The highest BCUT2D eigenvalue weighted by Gasteiger charge is 2.69. The van der Waals surface area contributed by atoms with E-state index in [1.807, 2.05) is 19.9 Å². The van der Waals surface area contributed by atoms with Gasteiger partial charge in [-0.05, 0) is 73.8 Å². The maximum absolute atomic E-state index is 12.4. The van der Waals surface area contributed by atoms with Crippen molar-refractivity contribution in [2.45, 2.75) is 59.3 Å². The molecule has 0 aromatic heterocycles. The van der Waals surface area contributed by atoms with Crippen LogP contribution >= 0.6 is 0 Å². The largest absolute Gasteiger partial charge is 0.481 e. The lowest BCUT2D eigenvalue weighted by atomic mass is 9.43. The van der Waals surface area contributed by atoms with Crippen molar-refractivity contribution in [2.24, 2.45) is 39.9 Å². The lowest BCUT2D eigenvalue weighted by Crippen LogP contribution is -2.58. The lowest BCUT2D eigenvalue weighted by Gasteiger charge is -2.60. The van der Waals surface area contributed by atoms with E-state index in [0.29, 0.717) is 19.3 Å². The Bertz CT molecular complexity index is 810. The number of rotatable bonds is 3. The predicted octanol–water partition coefficient (Wildman–Crippen LogP) is 4.09. The van der Waals surface area contributed by atoms with Crippen molar-refractivity contribution in [1.29, 1.82) is 0 Å². The van der Waals surface area contributed by atoms with E-state index in [0.717, 1.165) is 24.8 Å². The summed E-state index contributed by atoms with van der Waals surface area (Å²) in [5, 5.41) is 20.3. The number of carbonyl (C=O) groups is 3. The van der Waals surface area contributed by atoms with E-state index in [2.05, 4.69) is 6.92 Å². The highest BCUT2D eigenvalue weighted by Crippen LogP contribution is 2.71. The SMILES string of the molecule is CC[C@@]1(C(=O)O)CC[C@H]2[C@@H]3CCC4=CC(=O)C=C[C@]4(C)[C@H]3C(C(=O)O)C[C@@]21C. The van der Waals surface area contributed by atoms with Crippen LogP contribution in [-0.2, 0) is 14.4 Å². The van der Waals surface area contributed by atoms with Crippen molar-refractivity contribution in [3.05, 3.63) is 23.8 Å². The van der Waals surface area contributed by atoms with Crippen LogP contribution in [0.4, 0.5) is 0 Å². The third-order valence-electron chi connectivity index (χ3n) is 9.22.